The lowest BCUT2D eigenvalue weighted by molar-refractivity contribution is -0.153. The smallest absolute Gasteiger partial charge is 0.311 e. The van der Waals surface area contributed by atoms with Gasteiger partial charge in [0.25, 0.3) is 0 Å². The van der Waals surface area contributed by atoms with Gasteiger partial charge in [-0.05, 0) is 86.5 Å². The quantitative estimate of drug-likeness (QED) is 0.291. The highest BCUT2D eigenvalue weighted by Crippen LogP contribution is 2.64. The Labute approximate surface area is 187 Å². The van der Waals surface area contributed by atoms with E-state index in [1.54, 1.807) is 19.4 Å². The highest BCUT2D eigenvalue weighted by molar-refractivity contribution is 5.81. The fraction of sp³-hybridized carbons (Fsp3) is 0.704. The Morgan fingerprint density at radius 1 is 1.26 bits per heavy atom. The van der Waals surface area contributed by atoms with Crippen LogP contribution in [0.15, 0.2) is 36.6 Å². The molecule has 3 aliphatic carbocycles. The maximum Gasteiger partial charge on any atom is 0.311 e. The molecule has 2 fully saturated rings. The van der Waals surface area contributed by atoms with Gasteiger partial charge in [0.05, 0.1) is 18.1 Å². The lowest BCUT2D eigenvalue weighted by atomic mass is 9.46. The number of hydrogen-bond donors (Lipinski definition) is 1. The average molecular weight is 429 g/mol. The number of allylic oxidation sites excluding steroid dienone is 4. The van der Waals surface area contributed by atoms with Gasteiger partial charge >= 0.3 is 11.9 Å². The van der Waals surface area contributed by atoms with Gasteiger partial charge in [-0.25, -0.2) is 0 Å². The van der Waals surface area contributed by atoms with E-state index in [0.29, 0.717) is 11.8 Å². The number of carboxylic acids is 1. The van der Waals surface area contributed by atoms with Crippen LogP contribution in [0.1, 0.15) is 86.0 Å². The number of carboxylic acid groups (broad SMARTS) is 1. The molecular formula is C27H40O4. The minimum Gasteiger partial charge on any atom is -0.481 e. The third-order valence-corrected chi connectivity index (χ3v) is 8.69. The molecule has 0 aliphatic heterocycles. The number of carbonyl (C=O) groups is 2. The zero-order chi connectivity index (χ0) is 23.1. The Morgan fingerprint density at radius 3 is 2.61 bits per heavy atom. The molecule has 0 aromatic carbocycles. The average Bonchev–Trinajstić information content (AvgIpc) is 2.67. The monoisotopic (exact) mass is 428 g/mol. The highest BCUT2D eigenvalue weighted by Gasteiger charge is 2.54. The van der Waals surface area contributed by atoms with Crippen molar-refractivity contribution in [2.24, 2.45) is 33.5 Å². The normalized spacial score (nSPS) is 38.0. The van der Waals surface area contributed by atoms with E-state index in [0.717, 1.165) is 19.3 Å². The predicted octanol–water partition coefficient (Wildman–Crippen LogP) is 6.68. The molecule has 0 radical (unpaired) electrons. The Kier molecular flexibility index (Phi) is 6.34. The molecule has 3 rings (SSSR count). The standard InChI is InChI=1S/C27H40O4/c1-7-25(4)14-11-20-19(17-25)9-10-21-26(5,12-8-13-27(20,21)6)15-16-31-22(28)18-24(2,3)23(29)30/h7,11,15-16,19,21H,1,8-10,12-14,17-18H2,2-6H3,(H,29,30)/b16-15+/t19?,21?,25-,26-,27-/m0/s1. The first kappa shape index (κ1) is 23.8. The van der Waals surface area contributed by atoms with E-state index in [9.17, 15) is 14.7 Å². The molecule has 2 unspecified atom stereocenters. The first-order valence-electron chi connectivity index (χ1n) is 11.8. The SMILES string of the molecule is C=C[C@@]1(C)CC=C2C(CCC3[C@@]2(C)CCC[C@@]3(C)/C=C/OC(=O)CC(C)(C)C(=O)O)C1. The molecule has 0 spiro atoms. The molecule has 31 heavy (non-hydrogen) atoms. The summed E-state index contributed by atoms with van der Waals surface area (Å²) in [4.78, 5) is 23.4. The molecule has 5 atom stereocenters. The molecule has 2 saturated carbocycles. The van der Waals surface area contributed by atoms with E-state index in [1.165, 1.54) is 31.9 Å². The van der Waals surface area contributed by atoms with Gasteiger partial charge < -0.3 is 9.84 Å². The summed E-state index contributed by atoms with van der Waals surface area (Å²) in [6.45, 7) is 14.3. The van der Waals surface area contributed by atoms with Crippen molar-refractivity contribution in [3.8, 4) is 0 Å². The molecule has 0 bridgehead atoms. The fourth-order valence-corrected chi connectivity index (χ4v) is 6.61. The van der Waals surface area contributed by atoms with Crippen molar-refractivity contribution in [2.45, 2.75) is 86.0 Å². The number of esters is 1. The lowest BCUT2D eigenvalue weighted by Crippen LogP contribution is -2.49. The van der Waals surface area contributed by atoms with E-state index in [-0.39, 0.29) is 22.7 Å². The molecule has 3 aliphatic rings. The van der Waals surface area contributed by atoms with Crippen LogP contribution in [0.5, 0.6) is 0 Å². The molecule has 0 heterocycles. The number of aliphatic carboxylic acids is 1. The molecule has 172 valence electrons. The van der Waals surface area contributed by atoms with Crippen molar-refractivity contribution < 1.29 is 19.4 Å². The Bertz CT molecular complexity index is 806. The van der Waals surface area contributed by atoms with Crippen molar-refractivity contribution >= 4 is 11.9 Å². The van der Waals surface area contributed by atoms with Gasteiger partial charge in [0.15, 0.2) is 0 Å². The fourth-order valence-electron chi connectivity index (χ4n) is 6.61. The van der Waals surface area contributed by atoms with Gasteiger partial charge in [0, 0.05) is 0 Å². The van der Waals surface area contributed by atoms with Crippen molar-refractivity contribution in [2.75, 3.05) is 0 Å². The number of carbonyl (C=O) groups excluding carboxylic acids is 1. The summed E-state index contributed by atoms with van der Waals surface area (Å²) in [5.41, 5.74) is 0.915. The van der Waals surface area contributed by atoms with Gasteiger partial charge in [0.2, 0.25) is 0 Å². The van der Waals surface area contributed by atoms with E-state index in [1.807, 2.05) is 0 Å². The topological polar surface area (TPSA) is 63.6 Å². The van der Waals surface area contributed by atoms with Gasteiger partial charge in [-0.15, -0.1) is 6.58 Å². The van der Waals surface area contributed by atoms with Crippen LogP contribution in [0.3, 0.4) is 0 Å². The van der Waals surface area contributed by atoms with Crippen molar-refractivity contribution in [1.82, 2.24) is 0 Å². The summed E-state index contributed by atoms with van der Waals surface area (Å²) in [5.74, 6) is -0.308. The van der Waals surface area contributed by atoms with Crippen LogP contribution in [0.2, 0.25) is 0 Å². The van der Waals surface area contributed by atoms with Crippen LogP contribution in [-0.2, 0) is 14.3 Å². The second-order valence-corrected chi connectivity index (χ2v) is 11.7. The Balaban J connectivity index is 1.75. The first-order valence-corrected chi connectivity index (χ1v) is 11.8. The van der Waals surface area contributed by atoms with Crippen LogP contribution in [-0.4, -0.2) is 17.0 Å². The van der Waals surface area contributed by atoms with Crippen LogP contribution < -0.4 is 0 Å². The zero-order valence-corrected chi connectivity index (χ0v) is 20.0. The molecule has 0 aromatic heterocycles. The van der Waals surface area contributed by atoms with Gasteiger partial charge in [0.1, 0.15) is 0 Å². The van der Waals surface area contributed by atoms with Gasteiger partial charge in [-0.3, -0.25) is 9.59 Å². The Morgan fingerprint density at radius 2 is 1.97 bits per heavy atom. The highest BCUT2D eigenvalue weighted by atomic mass is 16.5. The molecule has 0 aromatic rings. The minimum atomic E-state index is -1.12. The zero-order valence-electron chi connectivity index (χ0n) is 20.0. The molecule has 4 nitrogen and oxygen atoms in total. The van der Waals surface area contributed by atoms with Gasteiger partial charge in [-0.2, -0.15) is 0 Å². The minimum absolute atomic E-state index is 0.0272. The second kappa shape index (κ2) is 8.26. The molecule has 0 saturated heterocycles. The number of ether oxygens (including phenoxy) is 1. The maximum atomic E-state index is 12.2. The van der Waals surface area contributed by atoms with Crippen molar-refractivity contribution in [1.29, 1.82) is 0 Å². The number of rotatable bonds is 6. The van der Waals surface area contributed by atoms with E-state index < -0.39 is 17.4 Å². The Hall–Kier alpha value is -1.84. The second-order valence-electron chi connectivity index (χ2n) is 11.7. The van der Waals surface area contributed by atoms with Crippen LogP contribution in [0.4, 0.5) is 0 Å². The molecule has 0 amide bonds. The first-order chi connectivity index (χ1) is 14.4. The lowest BCUT2D eigenvalue weighted by Gasteiger charge is -2.58. The van der Waals surface area contributed by atoms with Crippen LogP contribution in [0, 0.1) is 33.5 Å². The van der Waals surface area contributed by atoms with E-state index in [2.05, 4.69) is 45.6 Å². The van der Waals surface area contributed by atoms with E-state index >= 15 is 0 Å². The number of hydrogen-bond acceptors (Lipinski definition) is 3. The summed E-state index contributed by atoms with van der Waals surface area (Å²) in [7, 11) is 0. The number of fused-ring (bicyclic) bond motifs is 3. The van der Waals surface area contributed by atoms with Crippen LogP contribution in [0.25, 0.3) is 0 Å². The largest absolute Gasteiger partial charge is 0.481 e. The summed E-state index contributed by atoms with van der Waals surface area (Å²) in [5, 5.41) is 9.22. The predicted molar refractivity (Wildman–Crippen MR) is 123 cm³/mol. The summed E-state index contributed by atoms with van der Waals surface area (Å²) in [6, 6.07) is 0. The third kappa shape index (κ3) is 4.54. The molecule has 4 heteroatoms. The molecule has 1 N–H and O–H groups in total. The summed E-state index contributed by atoms with van der Waals surface area (Å²) in [6.07, 6.45) is 16.3. The van der Waals surface area contributed by atoms with Crippen molar-refractivity contribution in [3.63, 3.8) is 0 Å². The van der Waals surface area contributed by atoms with Gasteiger partial charge in [-0.1, -0.05) is 44.9 Å². The summed E-state index contributed by atoms with van der Waals surface area (Å²) >= 11 is 0. The third-order valence-electron chi connectivity index (χ3n) is 8.69. The summed E-state index contributed by atoms with van der Waals surface area (Å²) < 4.78 is 5.35. The van der Waals surface area contributed by atoms with Crippen LogP contribution >= 0.6 is 0 Å². The molecular weight excluding hydrogens is 388 g/mol. The van der Waals surface area contributed by atoms with E-state index in [4.69, 9.17) is 4.74 Å². The maximum absolute atomic E-state index is 12.2. The van der Waals surface area contributed by atoms with Crippen molar-refractivity contribution in [3.05, 3.63) is 36.6 Å².